The van der Waals surface area contributed by atoms with Crippen LogP contribution in [0.15, 0.2) is 18.2 Å². The number of ether oxygens (including phenoxy) is 1. The number of hydrazine groups is 1. The number of nitriles is 1. The van der Waals surface area contributed by atoms with E-state index in [9.17, 15) is 10.1 Å². The Kier molecular flexibility index (Phi) is 5.11. The van der Waals surface area contributed by atoms with Crippen molar-refractivity contribution in [3.8, 4) is 6.07 Å². The predicted octanol–water partition coefficient (Wildman–Crippen LogP) is 2.13. The summed E-state index contributed by atoms with van der Waals surface area (Å²) in [4.78, 5) is 17.4. The van der Waals surface area contributed by atoms with Crippen LogP contribution in [-0.4, -0.2) is 53.4 Å². The topological polar surface area (TPSA) is 102 Å². The summed E-state index contributed by atoms with van der Waals surface area (Å²) in [6, 6.07) is 8.50. The van der Waals surface area contributed by atoms with E-state index in [1.54, 1.807) is 11.3 Å². The zero-order valence-corrected chi connectivity index (χ0v) is 17.8. The van der Waals surface area contributed by atoms with Gasteiger partial charge in [0.2, 0.25) is 5.91 Å². The van der Waals surface area contributed by atoms with Gasteiger partial charge in [0.25, 0.3) is 0 Å². The van der Waals surface area contributed by atoms with Gasteiger partial charge in [-0.25, -0.2) is 15.4 Å². The number of aryl methyl sites for hydroxylation is 1. The molecule has 4 atom stereocenters. The summed E-state index contributed by atoms with van der Waals surface area (Å²) in [7, 11) is 0. The number of rotatable bonds is 4. The largest absolute Gasteiger partial charge is 0.379 e. The summed E-state index contributed by atoms with van der Waals surface area (Å²) in [5, 5.41) is 19.3. The first-order valence-corrected chi connectivity index (χ1v) is 11.3. The highest BCUT2D eigenvalue weighted by Gasteiger charge is 2.54. The highest BCUT2D eigenvalue weighted by molar-refractivity contribution is 7.18. The summed E-state index contributed by atoms with van der Waals surface area (Å²) in [5.41, 5.74) is 5.12. The predicted molar refractivity (Wildman–Crippen MR) is 115 cm³/mol. The number of amides is 1. The Labute approximate surface area is 179 Å². The van der Waals surface area contributed by atoms with Crippen molar-refractivity contribution >= 4 is 33.1 Å². The van der Waals surface area contributed by atoms with Gasteiger partial charge in [0, 0.05) is 24.9 Å². The molecule has 3 saturated heterocycles. The van der Waals surface area contributed by atoms with Crippen LogP contribution >= 0.6 is 11.3 Å². The van der Waals surface area contributed by atoms with E-state index in [1.807, 2.05) is 19.1 Å². The van der Waals surface area contributed by atoms with Crippen LogP contribution < -0.4 is 16.1 Å². The molecule has 3 aliphatic rings. The molecule has 1 amide bonds. The van der Waals surface area contributed by atoms with Crippen molar-refractivity contribution in [3.63, 3.8) is 0 Å². The lowest BCUT2D eigenvalue weighted by atomic mass is 9.84. The van der Waals surface area contributed by atoms with E-state index < -0.39 is 5.54 Å². The molecule has 1 aromatic heterocycles. The van der Waals surface area contributed by atoms with Gasteiger partial charge in [-0.2, -0.15) is 5.26 Å². The molecule has 0 saturated carbocycles. The van der Waals surface area contributed by atoms with Crippen molar-refractivity contribution in [2.75, 3.05) is 25.1 Å². The average molecular weight is 427 g/mol. The molecule has 0 aliphatic carbocycles. The minimum atomic E-state index is -0.400. The fraction of sp³-hybridized carbons (Fsp3) is 0.571. The minimum Gasteiger partial charge on any atom is -0.379 e. The third kappa shape index (κ3) is 3.34. The van der Waals surface area contributed by atoms with Crippen LogP contribution in [-0.2, 0) is 9.53 Å². The lowest BCUT2D eigenvalue weighted by Crippen LogP contribution is -2.61. The number of hydrogen-bond acceptors (Lipinski definition) is 8. The lowest BCUT2D eigenvalue weighted by Gasteiger charge is -2.46. The number of carbonyl (C=O) groups excluding carboxylic acids is 1. The zero-order chi connectivity index (χ0) is 20.7. The van der Waals surface area contributed by atoms with Crippen molar-refractivity contribution in [2.24, 2.45) is 5.92 Å². The van der Waals surface area contributed by atoms with Crippen LogP contribution in [0.4, 0.5) is 5.69 Å². The third-order valence-electron chi connectivity index (χ3n) is 6.46. The van der Waals surface area contributed by atoms with E-state index in [0.29, 0.717) is 19.6 Å². The second-order valence-electron chi connectivity index (χ2n) is 8.42. The number of nitrogens with one attached hydrogen (secondary N) is 3. The highest BCUT2D eigenvalue weighted by Crippen LogP contribution is 2.39. The number of anilines is 1. The molecule has 3 aliphatic heterocycles. The van der Waals surface area contributed by atoms with Crippen molar-refractivity contribution < 1.29 is 9.53 Å². The average Bonchev–Trinajstić information content (AvgIpc) is 3.29. The van der Waals surface area contributed by atoms with E-state index in [1.165, 1.54) is 0 Å². The molecule has 8 nitrogen and oxygen atoms in total. The second kappa shape index (κ2) is 7.78. The SMILES string of the molecule is Cc1nc2ccc(NC3NN([C@@]4(CC#N)CCCOC4)C4CCNC(=O)C34)cc2s1. The highest BCUT2D eigenvalue weighted by atomic mass is 32.1. The van der Waals surface area contributed by atoms with Crippen LogP contribution in [0.1, 0.15) is 30.7 Å². The van der Waals surface area contributed by atoms with Crippen molar-refractivity contribution in [1.82, 2.24) is 20.7 Å². The molecule has 158 valence electrons. The van der Waals surface area contributed by atoms with Gasteiger partial charge in [-0.3, -0.25) is 4.79 Å². The number of carbonyl (C=O) groups is 1. The summed E-state index contributed by atoms with van der Waals surface area (Å²) < 4.78 is 6.93. The van der Waals surface area contributed by atoms with E-state index in [4.69, 9.17) is 4.74 Å². The maximum Gasteiger partial charge on any atom is 0.228 e. The van der Waals surface area contributed by atoms with E-state index in [-0.39, 0.29) is 24.0 Å². The lowest BCUT2D eigenvalue weighted by molar-refractivity contribution is -0.130. The van der Waals surface area contributed by atoms with Crippen LogP contribution in [0.2, 0.25) is 0 Å². The first kappa shape index (κ1) is 19.7. The molecule has 3 fully saturated rings. The molecular weight excluding hydrogens is 400 g/mol. The summed E-state index contributed by atoms with van der Waals surface area (Å²) in [6.07, 6.45) is 2.78. The minimum absolute atomic E-state index is 0.0284. The summed E-state index contributed by atoms with van der Waals surface area (Å²) in [6.45, 7) is 3.90. The number of piperidine rings is 1. The van der Waals surface area contributed by atoms with Crippen LogP contribution in [0.25, 0.3) is 10.2 Å². The van der Waals surface area contributed by atoms with Gasteiger partial charge in [0.05, 0.1) is 45.8 Å². The quantitative estimate of drug-likeness (QED) is 0.688. The second-order valence-corrected chi connectivity index (χ2v) is 9.66. The molecule has 1 aromatic carbocycles. The van der Waals surface area contributed by atoms with Crippen LogP contribution in [0, 0.1) is 24.2 Å². The summed E-state index contributed by atoms with van der Waals surface area (Å²) in [5.74, 6) is -0.188. The Bertz CT molecular complexity index is 995. The Morgan fingerprint density at radius 3 is 3.20 bits per heavy atom. The Hall–Kier alpha value is -2.25. The molecule has 9 heteroatoms. The molecule has 4 heterocycles. The van der Waals surface area contributed by atoms with Gasteiger partial charge in [-0.05, 0) is 44.4 Å². The first-order chi connectivity index (χ1) is 14.6. The fourth-order valence-corrected chi connectivity index (χ4v) is 5.99. The molecule has 3 unspecified atom stereocenters. The Morgan fingerprint density at radius 1 is 1.50 bits per heavy atom. The number of benzene rings is 1. The standard InChI is InChI=1S/C21H26N6O2S/c1-13-24-15-4-3-14(11-17(15)30-13)25-19-18-16(5-9-23-20(18)28)27(26-19)21(7-8-22)6-2-10-29-12-21/h3-4,11,16,18-19,25-26H,2,5-7,9-10,12H2,1H3,(H,23,28)/t16?,18?,19?,21-/m1/s1. The number of thiazole rings is 1. The van der Waals surface area contributed by atoms with Crippen LogP contribution in [0.5, 0.6) is 0 Å². The van der Waals surface area contributed by atoms with Gasteiger partial charge in [0.1, 0.15) is 6.17 Å². The van der Waals surface area contributed by atoms with Gasteiger partial charge in [-0.15, -0.1) is 11.3 Å². The van der Waals surface area contributed by atoms with Crippen LogP contribution in [0.3, 0.4) is 0 Å². The van der Waals surface area contributed by atoms with Crippen molar-refractivity contribution in [3.05, 3.63) is 23.2 Å². The van der Waals surface area contributed by atoms with Gasteiger partial charge in [-0.1, -0.05) is 0 Å². The molecule has 0 spiro atoms. The molecule has 5 rings (SSSR count). The number of nitrogens with zero attached hydrogens (tertiary/aromatic N) is 3. The molecule has 30 heavy (non-hydrogen) atoms. The number of fused-ring (bicyclic) bond motifs is 2. The van der Waals surface area contributed by atoms with Gasteiger partial charge < -0.3 is 15.4 Å². The van der Waals surface area contributed by atoms with E-state index in [2.05, 4.69) is 38.2 Å². The van der Waals surface area contributed by atoms with Gasteiger partial charge in [0.15, 0.2) is 0 Å². The normalized spacial score (nSPS) is 31.9. The molecule has 0 radical (unpaired) electrons. The fourth-order valence-electron chi connectivity index (χ4n) is 5.12. The number of hydrogen-bond donors (Lipinski definition) is 3. The molecule has 0 bridgehead atoms. The Balaban J connectivity index is 1.45. The van der Waals surface area contributed by atoms with Crippen molar-refractivity contribution in [1.29, 1.82) is 5.26 Å². The first-order valence-electron chi connectivity index (χ1n) is 10.5. The van der Waals surface area contributed by atoms with E-state index >= 15 is 0 Å². The van der Waals surface area contributed by atoms with Gasteiger partial charge >= 0.3 is 0 Å². The number of aromatic nitrogens is 1. The maximum absolute atomic E-state index is 12.9. The molecule has 2 aromatic rings. The zero-order valence-electron chi connectivity index (χ0n) is 17.0. The smallest absolute Gasteiger partial charge is 0.228 e. The summed E-state index contributed by atoms with van der Waals surface area (Å²) >= 11 is 1.66. The Morgan fingerprint density at radius 2 is 2.40 bits per heavy atom. The third-order valence-corrected chi connectivity index (χ3v) is 7.40. The monoisotopic (exact) mass is 426 g/mol. The maximum atomic E-state index is 12.9. The molecular formula is C21H26N6O2S. The molecule has 3 N–H and O–H groups in total. The van der Waals surface area contributed by atoms with Crippen molar-refractivity contribution in [2.45, 2.75) is 50.4 Å². The van der Waals surface area contributed by atoms with E-state index in [0.717, 1.165) is 46.8 Å².